The lowest BCUT2D eigenvalue weighted by molar-refractivity contribution is -0.117. The normalized spacial score (nSPS) is 18.0. The maximum Gasteiger partial charge on any atom is 0.137 e. The molecule has 0 aliphatic carbocycles. The maximum atomic E-state index is 11.3. The summed E-state index contributed by atoms with van der Waals surface area (Å²) < 4.78 is 6.13. The molecule has 26 heavy (non-hydrogen) atoms. The zero-order valence-corrected chi connectivity index (χ0v) is 16.2. The maximum absolute atomic E-state index is 11.3. The van der Waals surface area contributed by atoms with E-state index in [4.69, 9.17) is 16.3 Å². The van der Waals surface area contributed by atoms with Crippen LogP contribution in [-0.2, 0) is 4.79 Å². The van der Waals surface area contributed by atoms with E-state index in [1.54, 1.807) is 6.92 Å². The summed E-state index contributed by atoms with van der Waals surface area (Å²) in [5.41, 5.74) is 2.06. The SMILES string of the molecule is CC(=O)C[C@@H](C)c1ccc(O[C@@H]2CCN(c3ncnc(Cl)c3C)C2)cc1. The molecule has 3 rings (SSSR count). The van der Waals surface area contributed by atoms with Crippen LogP contribution < -0.4 is 9.64 Å². The van der Waals surface area contributed by atoms with Gasteiger partial charge in [0.05, 0.1) is 6.54 Å². The van der Waals surface area contributed by atoms with Crippen molar-refractivity contribution in [3.8, 4) is 5.75 Å². The number of aromatic nitrogens is 2. The fourth-order valence-corrected chi connectivity index (χ4v) is 3.50. The number of hydrogen-bond donors (Lipinski definition) is 0. The summed E-state index contributed by atoms with van der Waals surface area (Å²) in [7, 11) is 0. The molecule has 1 saturated heterocycles. The van der Waals surface area contributed by atoms with Crippen molar-refractivity contribution in [1.29, 1.82) is 0 Å². The predicted molar refractivity (Wildman–Crippen MR) is 103 cm³/mol. The zero-order valence-electron chi connectivity index (χ0n) is 15.4. The second kappa shape index (κ2) is 8.04. The summed E-state index contributed by atoms with van der Waals surface area (Å²) in [6, 6.07) is 8.07. The van der Waals surface area contributed by atoms with Crippen LogP contribution in [0.15, 0.2) is 30.6 Å². The third-order valence-electron chi connectivity index (χ3n) is 4.79. The van der Waals surface area contributed by atoms with Crippen LogP contribution in [0.25, 0.3) is 0 Å². The van der Waals surface area contributed by atoms with Gasteiger partial charge >= 0.3 is 0 Å². The van der Waals surface area contributed by atoms with E-state index in [2.05, 4.69) is 21.8 Å². The Balaban J connectivity index is 1.60. The minimum atomic E-state index is 0.114. The molecular weight excluding hydrogens is 350 g/mol. The molecule has 2 aromatic rings. The summed E-state index contributed by atoms with van der Waals surface area (Å²) >= 11 is 6.10. The van der Waals surface area contributed by atoms with Crippen molar-refractivity contribution >= 4 is 23.2 Å². The Morgan fingerprint density at radius 1 is 1.35 bits per heavy atom. The number of rotatable bonds is 6. The number of ketones is 1. The van der Waals surface area contributed by atoms with Gasteiger partial charge in [-0.1, -0.05) is 30.7 Å². The van der Waals surface area contributed by atoms with Gasteiger partial charge in [-0.05, 0) is 37.5 Å². The molecule has 6 heteroatoms. The van der Waals surface area contributed by atoms with Crippen molar-refractivity contribution in [3.05, 3.63) is 46.9 Å². The van der Waals surface area contributed by atoms with E-state index < -0.39 is 0 Å². The Kier molecular flexibility index (Phi) is 5.77. The number of Topliss-reactive ketones (excluding diaryl/α,β-unsaturated/α-hetero) is 1. The van der Waals surface area contributed by atoms with Crippen molar-refractivity contribution in [1.82, 2.24) is 9.97 Å². The number of carbonyl (C=O) groups is 1. The van der Waals surface area contributed by atoms with E-state index in [0.717, 1.165) is 42.2 Å². The highest BCUT2D eigenvalue weighted by Crippen LogP contribution is 2.28. The second-order valence-electron chi connectivity index (χ2n) is 6.96. The number of anilines is 1. The number of hydrogen-bond acceptors (Lipinski definition) is 5. The molecule has 0 spiro atoms. The Labute approximate surface area is 159 Å². The molecular formula is C20H24ClN3O2. The van der Waals surface area contributed by atoms with Crippen molar-refractivity contribution in [2.75, 3.05) is 18.0 Å². The summed E-state index contributed by atoms with van der Waals surface area (Å²) in [6.45, 7) is 7.30. The van der Waals surface area contributed by atoms with E-state index >= 15 is 0 Å². The van der Waals surface area contributed by atoms with Gasteiger partial charge in [-0.15, -0.1) is 0 Å². The molecule has 2 atom stereocenters. The zero-order chi connectivity index (χ0) is 18.7. The third-order valence-corrected chi connectivity index (χ3v) is 5.17. The first-order valence-corrected chi connectivity index (χ1v) is 9.30. The highest BCUT2D eigenvalue weighted by Gasteiger charge is 2.26. The fraction of sp³-hybridized carbons (Fsp3) is 0.450. The lowest BCUT2D eigenvalue weighted by atomic mass is 9.96. The van der Waals surface area contributed by atoms with Gasteiger partial charge in [-0.3, -0.25) is 0 Å². The molecule has 0 amide bonds. The largest absolute Gasteiger partial charge is 0.489 e. The topological polar surface area (TPSA) is 55.3 Å². The van der Waals surface area contributed by atoms with E-state index in [0.29, 0.717) is 11.6 Å². The van der Waals surface area contributed by atoms with Crippen LogP contribution in [-0.4, -0.2) is 34.9 Å². The minimum absolute atomic E-state index is 0.114. The van der Waals surface area contributed by atoms with E-state index in [1.807, 2.05) is 31.2 Å². The van der Waals surface area contributed by atoms with Crippen LogP contribution in [0.5, 0.6) is 5.75 Å². The smallest absolute Gasteiger partial charge is 0.137 e. The number of benzene rings is 1. The van der Waals surface area contributed by atoms with Gasteiger partial charge in [0, 0.05) is 24.9 Å². The Morgan fingerprint density at radius 2 is 2.08 bits per heavy atom. The highest BCUT2D eigenvalue weighted by molar-refractivity contribution is 6.30. The summed E-state index contributed by atoms with van der Waals surface area (Å²) in [5, 5.41) is 0.495. The van der Waals surface area contributed by atoms with E-state index in [9.17, 15) is 4.79 Å². The number of ether oxygens (including phenoxy) is 1. The third kappa shape index (κ3) is 4.33. The van der Waals surface area contributed by atoms with Crippen molar-refractivity contribution in [3.63, 3.8) is 0 Å². The van der Waals surface area contributed by atoms with Crippen LogP contribution >= 0.6 is 11.6 Å². The van der Waals surface area contributed by atoms with E-state index in [1.165, 1.54) is 6.33 Å². The lowest BCUT2D eigenvalue weighted by Crippen LogP contribution is -2.26. The van der Waals surface area contributed by atoms with Crippen LogP contribution in [0.4, 0.5) is 5.82 Å². The Morgan fingerprint density at radius 3 is 2.77 bits per heavy atom. The van der Waals surface area contributed by atoms with Gasteiger partial charge in [0.25, 0.3) is 0 Å². The first kappa shape index (κ1) is 18.6. The van der Waals surface area contributed by atoms with Gasteiger partial charge in [0.2, 0.25) is 0 Å². The molecule has 0 saturated carbocycles. The summed E-state index contributed by atoms with van der Waals surface area (Å²) in [6.07, 6.45) is 3.12. The van der Waals surface area contributed by atoms with Gasteiger partial charge in [0.1, 0.15) is 34.9 Å². The summed E-state index contributed by atoms with van der Waals surface area (Å²) in [5.74, 6) is 2.18. The molecule has 1 aromatic heterocycles. The van der Waals surface area contributed by atoms with Crippen molar-refractivity contribution in [2.45, 2.75) is 45.6 Å². The molecule has 0 bridgehead atoms. The molecule has 0 unspecified atom stereocenters. The Bertz CT molecular complexity index is 779. The van der Waals surface area contributed by atoms with Crippen molar-refractivity contribution < 1.29 is 9.53 Å². The van der Waals surface area contributed by atoms with Crippen LogP contribution in [0.3, 0.4) is 0 Å². The van der Waals surface area contributed by atoms with E-state index in [-0.39, 0.29) is 17.8 Å². The lowest BCUT2D eigenvalue weighted by Gasteiger charge is -2.20. The van der Waals surface area contributed by atoms with Gasteiger partial charge in [0.15, 0.2) is 0 Å². The van der Waals surface area contributed by atoms with Crippen LogP contribution in [0, 0.1) is 6.92 Å². The monoisotopic (exact) mass is 373 g/mol. The first-order chi connectivity index (χ1) is 12.4. The molecule has 0 N–H and O–H groups in total. The fourth-order valence-electron chi connectivity index (χ4n) is 3.37. The van der Waals surface area contributed by atoms with Gasteiger partial charge in [-0.25, -0.2) is 9.97 Å². The highest BCUT2D eigenvalue weighted by atomic mass is 35.5. The first-order valence-electron chi connectivity index (χ1n) is 8.92. The summed E-state index contributed by atoms with van der Waals surface area (Å²) in [4.78, 5) is 21.8. The number of halogens is 1. The molecule has 5 nitrogen and oxygen atoms in total. The van der Waals surface area contributed by atoms with Gasteiger partial charge < -0.3 is 14.4 Å². The number of carbonyl (C=O) groups excluding carboxylic acids is 1. The van der Waals surface area contributed by atoms with Crippen LogP contribution in [0.2, 0.25) is 5.15 Å². The average Bonchev–Trinajstić information content (AvgIpc) is 3.05. The molecule has 1 fully saturated rings. The average molecular weight is 374 g/mol. The molecule has 0 radical (unpaired) electrons. The van der Waals surface area contributed by atoms with Crippen molar-refractivity contribution in [2.24, 2.45) is 0 Å². The molecule has 1 aliphatic rings. The van der Waals surface area contributed by atoms with Gasteiger partial charge in [-0.2, -0.15) is 0 Å². The predicted octanol–water partition coefficient (Wildman–Crippen LogP) is 4.18. The second-order valence-corrected chi connectivity index (χ2v) is 7.32. The Hall–Kier alpha value is -2.14. The van der Waals surface area contributed by atoms with Crippen LogP contribution in [0.1, 0.15) is 43.7 Å². The molecule has 1 aromatic carbocycles. The minimum Gasteiger partial charge on any atom is -0.489 e. The standard InChI is InChI=1S/C20H24ClN3O2/c1-13(10-14(2)25)16-4-6-17(7-5-16)26-18-8-9-24(11-18)20-15(3)19(21)22-12-23-20/h4-7,12-13,18H,8-11H2,1-3H3/t13-,18-/m1/s1. The molecule has 2 heterocycles. The molecule has 1 aliphatic heterocycles. The molecule has 138 valence electrons. The number of nitrogens with zero attached hydrogens (tertiary/aromatic N) is 3. The quantitative estimate of drug-likeness (QED) is 0.711.